The Morgan fingerprint density at radius 2 is 1.79 bits per heavy atom. The predicted octanol–water partition coefficient (Wildman–Crippen LogP) is 3.64. The number of esters is 1. The molecule has 4 atom stereocenters. The summed E-state index contributed by atoms with van der Waals surface area (Å²) in [5, 5.41) is 0. The molecule has 154 valence electrons. The number of benzene rings is 1. The molecule has 0 aromatic heterocycles. The molecule has 0 bridgehead atoms. The average Bonchev–Trinajstić information content (AvgIpc) is 3.29. The fraction of sp³-hybridized carbons (Fsp3) is 0.636. The second-order valence-corrected chi connectivity index (χ2v) is 7.71. The van der Waals surface area contributed by atoms with Gasteiger partial charge in [-0.3, -0.25) is 4.79 Å². The molecule has 1 amide bonds. The zero-order chi connectivity index (χ0) is 19.9. The van der Waals surface area contributed by atoms with Crippen molar-refractivity contribution in [2.75, 3.05) is 26.8 Å². The summed E-state index contributed by atoms with van der Waals surface area (Å²) in [5.41, 5.74) is 0.967. The van der Waals surface area contributed by atoms with Gasteiger partial charge >= 0.3 is 12.1 Å². The molecule has 28 heavy (non-hydrogen) atoms. The minimum Gasteiger partial charge on any atom is -0.466 e. The van der Waals surface area contributed by atoms with E-state index in [1.165, 1.54) is 0 Å². The number of carbonyl (C=O) groups is 2. The van der Waals surface area contributed by atoms with E-state index in [1.807, 2.05) is 37.3 Å². The van der Waals surface area contributed by atoms with Crippen molar-refractivity contribution < 1.29 is 23.8 Å². The molecule has 1 aromatic rings. The smallest absolute Gasteiger partial charge is 0.409 e. The molecule has 0 N–H and O–H groups in total. The summed E-state index contributed by atoms with van der Waals surface area (Å²) in [6, 6.07) is 9.63. The van der Waals surface area contributed by atoms with Crippen LogP contribution in [0.1, 0.15) is 38.2 Å². The van der Waals surface area contributed by atoms with Gasteiger partial charge in [-0.2, -0.15) is 0 Å². The summed E-state index contributed by atoms with van der Waals surface area (Å²) in [6.45, 7) is 3.54. The third kappa shape index (κ3) is 5.04. The van der Waals surface area contributed by atoms with Gasteiger partial charge in [0.25, 0.3) is 0 Å². The van der Waals surface area contributed by atoms with E-state index in [1.54, 1.807) is 11.9 Å². The lowest BCUT2D eigenvalue weighted by molar-refractivity contribution is -0.149. The molecule has 0 radical (unpaired) electrons. The van der Waals surface area contributed by atoms with Gasteiger partial charge in [-0.15, -0.1) is 0 Å². The summed E-state index contributed by atoms with van der Waals surface area (Å²) in [7, 11) is 1.72. The fourth-order valence-corrected chi connectivity index (χ4v) is 4.56. The minimum absolute atomic E-state index is 0.0363. The summed E-state index contributed by atoms with van der Waals surface area (Å²) < 4.78 is 16.6. The van der Waals surface area contributed by atoms with Crippen molar-refractivity contribution in [3.8, 4) is 0 Å². The van der Waals surface area contributed by atoms with Gasteiger partial charge in [0.15, 0.2) is 0 Å². The van der Waals surface area contributed by atoms with E-state index in [0.717, 1.165) is 31.2 Å². The van der Waals surface area contributed by atoms with Crippen molar-refractivity contribution >= 4 is 12.1 Å². The predicted molar refractivity (Wildman–Crippen MR) is 105 cm³/mol. The molecule has 6 heteroatoms. The first kappa shape index (κ1) is 20.6. The average molecular weight is 389 g/mol. The van der Waals surface area contributed by atoms with Crippen LogP contribution in [0.4, 0.5) is 4.79 Å². The molecule has 1 aromatic carbocycles. The van der Waals surface area contributed by atoms with Crippen LogP contribution in [0, 0.1) is 17.8 Å². The highest BCUT2D eigenvalue weighted by molar-refractivity contribution is 5.73. The standard InChI is InChI=1S/C22H31NO5/c1-3-26-21(24)19-10-9-18-17(19)11-12-20(18)27-14-13-23(2)22(25)28-15-16-7-5-4-6-8-16/h4-8,17-20H,3,9-15H2,1-2H3. The van der Waals surface area contributed by atoms with E-state index >= 15 is 0 Å². The Morgan fingerprint density at radius 1 is 1.04 bits per heavy atom. The molecule has 2 fully saturated rings. The Morgan fingerprint density at radius 3 is 2.54 bits per heavy atom. The first-order valence-electron chi connectivity index (χ1n) is 10.3. The maximum Gasteiger partial charge on any atom is 0.409 e. The number of carbonyl (C=O) groups excluding carboxylic acids is 2. The van der Waals surface area contributed by atoms with Gasteiger partial charge < -0.3 is 19.1 Å². The Kier molecular flexibility index (Phi) is 7.31. The maximum atomic E-state index is 12.1. The second-order valence-electron chi connectivity index (χ2n) is 7.71. The van der Waals surface area contributed by atoms with E-state index < -0.39 is 0 Å². The largest absolute Gasteiger partial charge is 0.466 e. The van der Waals surface area contributed by atoms with Gasteiger partial charge in [0.05, 0.1) is 25.2 Å². The van der Waals surface area contributed by atoms with E-state index in [2.05, 4.69) is 0 Å². The van der Waals surface area contributed by atoms with Crippen LogP contribution in [0.15, 0.2) is 30.3 Å². The van der Waals surface area contributed by atoms with Gasteiger partial charge in [0.1, 0.15) is 6.61 Å². The van der Waals surface area contributed by atoms with Gasteiger partial charge in [0, 0.05) is 13.6 Å². The molecule has 0 heterocycles. The summed E-state index contributed by atoms with van der Waals surface area (Å²) in [4.78, 5) is 25.8. The Labute approximate surface area is 167 Å². The van der Waals surface area contributed by atoms with Crippen LogP contribution in [0.5, 0.6) is 0 Å². The lowest BCUT2D eigenvalue weighted by Crippen LogP contribution is -2.32. The molecular weight excluding hydrogens is 358 g/mol. The Bertz CT molecular complexity index is 650. The van der Waals surface area contributed by atoms with Crippen molar-refractivity contribution in [3.05, 3.63) is 35.9 Å². The van der Waals surface area contributed by atoms with Crippen molar-refractivity contribution in [2.24, 2.45) is 17.8 Å². The van der Waals surface area contributed by atoms with Crippen molar-refractivity contribution in [1.82, 2.24) is 4.90 Å². The minimum atomic E-state index is -0.347. The van der Waals surface area contributed by atoms with Crippen LogP contribution in [0.25, 0.3) is 0 Å². The van der Waals surface area contributed by atoms with Crippen molar-refractivity contribution in [2.45, 2.75) is 45.3 Å². The summed E-state index contributed by atoms with van der Waals surface area (Å²) in [6.07, 6.45) is 3.76. The molecule has 3 rings (SSSR count). The Balaban J connectivity index is 1.37. The van der Waals surface area contributed by atoms with Gasteiger partial charge in [-0.05, 0) is 50.0 Å². The number of amides is 1. The van der Waals surface area contributed by atoms with Gasteiger partial charge in [-0.1, -0.05) is 30.3 Å². The van der Waals surface area contributed by atoms with E-state index in [0.29, 0.717) is 31.6 Å². The molecule has 4 unspecified atom stereocenters. The van der Waals surface area contributed by atoms with Crippen LogP contribution < -0.4 is 0 Å². The highest BCUT2D eigenvalue weighted by Gasteiger charge is 2.48. The molecule has 2 saturated carbocycles. The lowest BCUT2D eigenvalue weighted by Gasteiger charge is -2.22. The zero-order valence-corrected chi connectivity index (χ0v) is 16.8. The zero-order valence-electron chi connectivity index (χ0n) is 16.8. The summed E-state index contributed by atoms with van der Waals surface area (Å²) >= 11 is 0. The molecular formula is C22H31NO5. The molecule has 2 aliphatic rings. The van der Waals surface area contributed by atoms with Crippen molar-refractivity contribution in [3.63, 3.8) is 0 Å². The molecule has 0 saturated heterocycles. The number of likely N-dealkylation sites (N-methyl/N-ethyl adjacent to an activating group) is 1. The van der Waals surface area contributed by atoms with Crippen LogP contribution >= 0.6 is 0 Å². The first-order chi connectivity index (χ1) is 13.6. The van der Waals surface area contributed by atoms with Crippen LogP contribution in [0.3, 0.4) is 0 Å². The van der Waals surface area contributed by atoms with Crippen LogP contribution in [-0.4, -0.2) is 49.9 Å². The second kappa shape index (κ2) is 9.92. The van der Waals surface area contributed by atoms with Gasteiger partial charge in [-0.25, -0.2) is 4.79 Å². The van der Waals surface area contributed by atoms with E-state index in [4.69, 9.17) is 14.2 Å². The number of rotatable bonds is 8. The molecule has 6 nitrogen and oxygen atoms in total. The quantitative estimate of drug-likeness (QED) is 0.635. The third-order valence-corrected chi connectivity index (χ3v) is 6.00. The van der Waals surface area contributed by atoms with Crippen LogP contribution in [-0.2, 0) is 25.6 Å². The fourth-order valence-electron chi connectivity index (χ4n) is 4.56. The summed E-state index contributed by atoms with van der Waals surface area (Å²) in [5.74, 6) is 0.813. The number of hydrogen-bond acceptors (Lipinski definition) is 5. The number of hydrogen-bond donors (Lipinski definition) is 0. The van der Waals surface area contributed by atoms with E-state index in [9.17, 15) is 9.59 Å². The molecule has 0 spiro atoms. The van der Waals surface area contributed by atoms with E-state index in [-0.39, 0.29) is 30.7 Å². The highest BCUT2D eigenvalue weighted by atomic mass is 16.6. The maximum absolute atomic E-state index is 12.1. The Hall–Kier alpha value is -2.08. The topological polar surface area (TPSA) is 65.1 Å². The highest BCUT2D eigenvalue weighted by Crippen LogP contribution is 2.49. The number of nitrogens with zero attached hydrogens (tertiary/aromatic N) is 1. The lowest BCUT2D eigenvalue weighted by atomic mass is 9.92. The molecule has 2 aliphatic carbocycles. The first-order valence-corrected chi connectivity index (χ1v) is 10.3. The third-order valence-electron chi connectivity index (χ3n) is 6.00. The van der Waals surface area contributed by atoms with Crippen LogP contribution in [0.2, 0.25) is 0 Å². The molecule has 0 aliphatic heterocycles. The van der Waals surface area contributed by atoms with Crippen molar-refractivity contribution in [1.29, 1.82) is 0 Å². The van der Waals surface area contributed by atoms with Gasteiger partial charge in [0.2, 0.25) is 0 Å². The SMILES string of the molecule is CCOC(=O)C1CCC2C(OCCN(C)C(=O)OCc3ccccc3)CCC12. The monoisotopic (exact) mass is 389 g/mol. The number of ether oxygens (including phenoxy) is 3. The number of fused-ring (bicyclic) bond motifs is 1. The normalized spacial score (nSPS) is 25.9.